The van der Waals surface area contributed by atoms with Gasteiger partial charge in [-0.15, -0.1) is 0 Å². The highest BCUT2D eigenvalue weighted by molar-refractivity contribution is 6.42. The zero-order valence-corrected chi connectivity index (χ0v) is 19.0. The normalized spacial score (nSPS) is 15.2. The Hall–Kier alpha value is -2.48. The van der Waals surface area contributed by atoms with Crippen LogP contribution in [0.15, 0.2) is 36.5 Å². The number of hydrogen-bond donors (Lipinski definition) is 1. The number of nitrogens with zero attached hydrogens (tertiary/aromatic N) is 5. The van der Waals surface area contributed by atoms with Crippen molar-refractivity contribution in [1.82, 2.24) is 24.6 Å². The highest BCUT2D eigenvalue weighted by Gasteiger charge is 2.26. The zero-order chi connectivity index (χ0) is 22.0. The Morgan fingerprint density at radius 1 is 1.13 bits per heavy atom. The van der Waals surface area contributed by atoms with E-state index in [0.717, 1.165) is 42.9 Å². The molecule has 1 aromatic carbocycles. The second-order valence-electron chi connectivity index (χ2n) is 7.85. The predicted molar refractivity (Wildman–Crippen MR) is 122 cm³/mol. The fourth-order valence-electron chi connectivity index (χ4n) is 3.76. The van der Waals surface area contributed by atoms with E-state index >= 15 is 0 Å². The summed E-state index contributed by atoms with van der Waals surface area (Å²) in [6.45, 7) is 6.06. The lowest BCUT2D eigenvalue weighted by molar-refractivity contribution is -0.121. The molecular formula is C22H24Cl2N6O. The number of amides is 1. The molecule has 1 amide bonds. The van der Waals surface area contributed by atoms with Crippen LogP contribution in [0.2, 0.25) is 10.0 Å². The zero-order valence-electron chi connectivity index (χ0n) is 17.5. The first-order chi connectivity index (χ1) is 14.9. The number of aromatic nitrogens is 4. The summed E-state index contributed by atoms with van der Waals surface area (Å²) < 4.78 is 1.88. The molecule has 0 radical (unpaired) electrons. The third kappa shape index (κ3) is 5.23. The minimum atomic E-state index is -0.0226. The number of likely N-dealkylation sites (tertiary alicyclic amines) is 1. The Labute approximate surface area is 191 Å². The monoisotopic (exact) mass is 458 g/mol. The molecule has 1 saturated heterocycles. The number of pyridine rings is 1. The lowest BCUT2D eigenvalue weighted by atomic mass is 9.96. The van der Waals surface area contributed by atoms with Gasteiger partial charge in [-0.05, 0) is 62.6 Å². The molecule has 1 N–H and O–H groups in total. The number of anilines is 1. The second-order valence-corrected chi connectivity index (χ2v) is 8.67. The maximum absolute atomic E-state index is 12.6. The van der Waals surface area contributed by atoms with Crippen molar-refractivity contribution in [3.63, 3.8) is 0 Å². The van der Waals surface area contributed by atoms with Crippen molar-refractivity contribution < 1.29 is 4.79 Å². The van der Waals surface area contributed by atoms with Gasteiger partial charge in [0.05, 0.1) is 16.7 Å². The Morgan fingerprint density at radius 3 is 2.61 bits per heavy atom. The quantitative estimate of drug-likeness (QED) is 0.605. The van der Waals surface area contributed by atoms with Crippen LogP contribution < -0.4 is 5.32 Å². The van der Waals surface area contributed by atoms with E-state index in [0.29, 0.717) is 28.4 Å². The molecule has 1 aliphatic heterocycles. The summed E-state index contributed by atoms with van der Waals surface area (Å²) in [5.41, 5.74) is 1.94. The number of carbonyl (C=O) groups excluding carboxylic acids is 1. The van der Waals surface area contributed by atoms with Gasteiger partial charge in [0, 0.05) is 30.8 Å². The first kappa shape index (κ1) is 21.7. The molecule has 9 heteroatoms. The second kappa shape index (κ2) is 9.34. The lowest BCUT2D eigenvalue weighted by Crippen LogP contribution is -2.39. The Bertz CT molecular complexity index is 1090. The van der Waals surface area contributed by atoms with E-state index in [4.69, 9.17) is 23.2 Å². The SMILES string of the molecule is Cc1ccnc(NC(=O)C2CCN(Cn3nc(C)nc3-c3ccc(Cl)c(Cl)c3)CC2)c1. The van der Waals surface area contributed by atoms with E-state index in [2.05, 4.69) is 25.3 Å². The molecule has 0 bridgehead atoms. The molecule has 1 fully saturated rings. The number of rotatable bonds is 5. The number of halogens is 2. The van der Waals surface area contributed by atoms with Gasteiger partial charge in [-0.25, -0.2) is 14.6 Å². The van der Waals surface area contributed by atoms with Gasteiger partial charge >= 0.3 is 0 Å². The Balaban J connectivity index is 1.38. The highest BCUT2D eigenvalue weighted by Crippen LogP contribution is 2.28. The molecule has 7 nitrogen and oxygen atoms in total. The van der Waals surface area contributed by atoms with Crippen LogP contribution >= 0.6 is 23.2 Å². The number of hydrogen-bond acceptors (Lipinski definition) is 5. The van der Waals surface area contributed by atoms with Crippen molar-refractivity contribution in [2.75, 3.05) is 18.4 Å². The van der Waals surface area contributed by atoms with Crippen molar-refractivity contribution in [3.05, 3.63) is 58.0 Å². The van der Waals surface area contributed by atoms with Crippen molar-refractivity contribution in [3.8, 4) is 11.4 Å². The van der Waals surface area contributed by atoms with Crippen LogP contribution in [0.3, 0.4) is 0 Å². The van der Waals surface area contributed by atoms with Crippen LogP contribution in [0, 0.1) is 19.8 Å². The van der Waals surface area contributed by atoms with Crippen LogP contribution in [-0.4, -0.2) is 43.6 Å². The Morgan fingerprint density at radius 2 is 1.90 bits per heavy atom. The molecule has 3 aromatic rings. The third-order valence-electron chi connectivity index (χ3n) is 5.41. The summed E-state index contributed by atoms with van der Waals surface area (Å²) in [6, 6.07) is 9.25. The maximum Gasteiger partial charge on any atom is 0.228 e. The molecule has 31 heavy (non-hydrogen) atoms. The van der Waals surface area contributed by atoms with Crippen molar-refractivity contribution in [2.24, 2.45) is 5.92 Å². The van der Waals surface area contributed by atoms with Crippen LogP contribution in [0.4, 0.5) is 5.82 Å². The number of benzene rings is 1. The number of carbonyl (C=O) groups is 1. The highest BCUT2D eigenvalue weighted by atomic mass is 35.5. The van der Waals surface area contributed by atoms with Gasteiger partial charge < -0.3 is 5.32 Å². The molecule has 0 spiro atoms. The molecule has 162 valence electrons. The van der Waals surface area contributed by atoms with Gasteiger partial charge in [0.1, 0.15) is 11.6 Å². The molecule has 0 unspecified atom stereocenters. The number of nitrogens with one attached hydrogen (secondary N) is 1. The van der Waals surface area contributed by atoms with Crippen LogP contribution in [0.25, 0.3) is 11.4 Å². The fourth-order valence-corrected chi connectivity index (χ4v) is 4.06. The van der Waals surface area contributed by atoms with E-state index in [1.807, 2.05) is 36.7 Å². The van der Waals surface area contributed by atoms with Gasteiger partial charge in [0.2, 0.25) is 5.91 Å². The number of aryl methyl sites for hydroxylation is 2. The minimum absolute atomic E-state index is 0.0226. The van der Waals surface area contributed by atoms with E-state index in [1.54, 1.807) is 18.3 Å². The van der Waals surface area contributed by atoms with Crippen LogP contribution in [-0.2, 0) is 11.5 Å². The summed E-state index contributed by atoms with van der Waals surface area (Å²) in [5, 5.41) is 8.49. The molecule has 0 saturated carbocycles. The van der Waals surface area contributed by atoms with Gasteiger partial charge in [0.15, 0.2) is 5.82 Å². The Kier molecular flexibility index (Phi) is 6.55. The molecular weight excluding hydrogens is 435 g/mol. The van der Waals surface area contributed by atoms with E-state index in [1.165, 1.54) is 0 Å². The van der Waals surface area contributed by atoms with Crippen molar-refractivity contribution in [2.45, 2.75) is 33.4 Å². The smallest absolute Gasteiger partial charge is 0.228 e. The van der Waals surface area contributed by atoms with Crippen molar-refractivity contribution in [1.29, 1.82) is 0 Å². The third-order valence-corrected chi connectivity index (χ3v) is 6.15. The summed E-state index contributed by atoms with van der Waals surface area (Å²) in [4.78, 5) is 23.7. The van der Waals surface area contributed by atoms with Gasteiger partial charge in [-0.3, -0.25) is 9.69 Å². The maximum atomic E-state index is 12.6. The largest absolute Gasteiger partial charge is 0.310 e. The molecule has 1 aliphatic rings. The molecule has 0 atom stereocenters. The van der Waals surface area contributed by atoms with Crippen molar-refractivity contribution >= 4 is 34.9 Å². The van der Waals surface area contributed by atoms with Gasteiger partial charge in [-0.2, -0.15) is 5.10 Å². The van der Waals surface area contributed by atoms with Crippen LogP contribution in [0.1, 0.15) is 24.2 Å². The lowest BCUT2D eigenvalue weighted by Gasteiger charge is -2.31. The molecule has 2 aromatic heterocycles. The predicted octanol–water partition coefficient (Wildman–Crippen LogP) is 4.57. The molecule has 4 rings (SSSR count). The average molecular weight is 459 g/mol. The number of piperidine rings is 1. The summed E-state index contributed by atoms with van der Waals surface area (Å²) in [6.07, 6.45) is 3.28. The molecule has 0 aliphatic carbocycles. The fraction of sp³-hybridized carbons (Fsp3) is 0.364. The summed E-state index contributed by atoms with van der Waals surface area (Å²) >= 11 is 12.2. The average Bonchev–Trinajstić information content (AvgIpc) is 3.10. The van der Waals surface area contributed by atoms with Gasteiger partial charge in [-0.1, -0.05) is 23.2 Å². The van der Waals surface area contributed by atoms with Gasteiger partial charge in [0.25, 0.3) is 0 Å². The molecule has 3 heterocycles. The van der Waals surface area contributed by atoms with E-state index in [9.17, 15) is 4.79 Å². The minimum Gasteiger partial charge on any atom is -0.310 e. The summed E-state index contributed by atoms with van der Waals surface area (Å²) in [7, 11) is 0. The standard InChI is InChI=1S/C22H24Cl2N6O/c1-14-5-8-25-20(11-14)27-22(31)16-6-9-29(10-7-16)13-30-21(26-15(2)28-30)17-3-4-18(23)19(24)12-17/h3-5,8,11-12,16H,6-7,9-10,13H2,1-2H3,(H,25,27,31). The first-order valence-corrected chi connectivity index (χ1v) is 11.0. The first-order valence-electron chi connectivity index (χ1n) is 10.2. The van der Waals surface area contributed by atoms with E-state index < -0.39 is 0 Å². The summed E-state index contributed by atoms with van der Waals surface area (Å²) in [5.74, 6) is 2.07. The van der Waals surface area contributed by atoms with Crippen LogP contribution in [0.5, 0.6) is 0 Å². The van der Waals surface area contributed by atoms with E-state index in [-0.39, 0.29) is 11.8 Å². The topological polar surface area (TPSA) is 75.9 Å².